The van der Waals surface area contributed by atoms with Crippen LogP contribution in [0.1, 0.15) is 34.8 Å². The lowest BCUT2D eigenvalue weighted by atomic mass is 9.85. The second kappa shape index (κ2) is 6.06. The lowest BCUT2D eigenvalue weighted by Gasteiger charge is -2.20. The summed E-state index contributed by atoms with van der Waals surface area (Å²) in [5.74, 6) is -0.582. The van der Waals surface area contributed by atoms with Gasteiger partial charge >= 0.3 is 5.97 Å². The molecule has 2 rings (SSSR count). The molecular formula is C14H17N3O2S. The molecule has 20 heavy (non-hydrogen) atoms. The first kappa shape index (κ1) is 14.5. The zero-order valence-electron chi connectivity index (χ0n) is 11.8. The van der Waals surface area contributed by atoms with Crippen LogP contribution in [-0.2, 0) is 16.0 Å². The van der Waals surface area contributed by atoms with Crippen LogP contribution in [-0.4, -0.2) is 38.4 Å². The quantitative estimate of drug-likeness (QED) is 0.487. The predicted molar refractivity (Wildman–Crippen MR) is 78.6 cm³/mol. The Bertz CT molecular complexity index is 584. The SMILES string of the molecule is COC(=O)C1CCCc2sc(N=CN(C)C)c(C#N)c21. The predicted octanol–water partition coefficient (Wildman–Crippen LogP) is 2.43. The third-order valence-electron chi connectivity index (χ3n) is 3.25. The zero-order chi connectivity index (χ0) is 14.7. The van der Waals surface area contributed by atoms with Crippen LogP contribution in [0, 0.1) is 11.3 Å². The van der Waals surface area contributed by atoms with Crippen molar-refractivity contribution in [3.05, 3.63) is 16.0 Å². The third kappa shape index (κ3) is 2.68. The molecule has 1 unspecified atom stereocenters. The molecule has 106 valence electrons. The maximum Gasteiger partial charge on any atom is 0.313 e. The number of methoxy groups -OCH3 is 1. The summed E-state index contributed by atoms with van der Waals surface area (Å²) in [5, 5.41) is 10.1. The van der Waals surface area contributed by atoms with Crippen molar-refractivity contribution >= 4 is 28.6 Å². The van der Waals surface area contributed by atoms with Crippen molar-refractivity contribution in [1.82, 2.24) is 4.90 Å². The van der Waals surface area contributed by atoms with Gasteiger partial charge in [-0.25, -0.2) is 4.99 Å². The normalized spacial score (nSPS) is 17.6. The minimum Gasteiger partial charge on any atom is -0.469 e. The van der Waals surface area contributed by atoms with E-state index in [9.17, 15) is 10.1 Å². The highest BCUT2D eigenvalue weighted by molar-refractivity contribution is 7.16. The molecule has 5 nitrogen and oxygen atoms in total. The smallest absolute Gasteiger partial charge is 0.313 e. The van der Waals surface area contributed by atoms with E-state index < -0.39 is 0 Å². The van der Waals surface area contributed by atoms with Crippen LogP contribution >= 0.6 is 11.3 Å². The van der Waals surface area contributed by atoms with Gasteiger partial charge in [0.05, 0.1) is 24.9 Å². The van der Waals surface area contributed by atoms with Crippen molar-refractivity contribution in [2.75, 3.05) is 21.2 Å². The maximum absolute atomic E-state index is 11.9. The number of ether oxygens (including phenoxy) is 1. The Hall–Kier alpha value is -1.87. The molecule has 6 heteroatoms. The van der Waals surface area contributed by atoms with Crippen molar-refractivity contribution in [1.29, 1.82) is 5.26 Å². The number of aryl methyl sites for hydroxylation is 1. The average Bonchev–Trinajstić information content (AvgIpc) is 2.81. The molecule has 1 aliphatic carbocycles. The Labute approximate surface area is 122 Å². The highest BCUT2D eigenvalue weighted by Gasteiger charge is 2.33. The summed E-state index contributed by atoms with van der Waals surface area (Å²) in [7, 11) is 5.14. The molecule has 0 radical (unpaired) electrons. The molecule has 1 aromatic rings. The molecular weight excluding hydrogens is 274 g/mol. The molecule has 0 N–H and O–H groups in total. The molecule has 0 bridgehead atoms. The molecule has 0 fully saturated rings. The van der Waals surface area contributed by atoms with Gasteiger partial charge in [-0.2, -0.15) is 5.26 Å². The Morgan fingerprint density at radius 2 is 2.35 bits per heavy atom. The van der Waals surface area contributed by atoms with Gasteiger partial charge in [0.15, 0.2) is 0 Å². The molecule has 0 saturated heterocycles. The standard InChI is InChI=1S/C14H17N3O2S/c1-17(2)8-16-13-10(7-15)12-9(14(18)19-3)5-4-6-11(12)20-13/h8-9H,4-6H2,1-3H3. The van der Waals surface area contributed by atoms with E-state index in [0.29, 0.717) is 10.6 Å². The van der Waals surface area contributed by atoms with Crippen LogP contribution in [0.4, 0.5) is 5.00 Å². The average molecular weight is 291 g/mol. The number of thiophene rings is 1. The van der Waals surface area contributed by atoms with Gasteiger partial charge in [0.2, 0.25) is 0 Å². The molecule has 0 spiro atoms. The molecule has 0 amide bonds. The van der Waals surface area contributed by atoms with Gasteiger partial charge in [-0.05, 0) is 19.3 Å². The number of esters is 1. The first-order chi connectivity index (χ1) is 9.58. The van der Waals surface area contributed by atoms with Gasteiger partial charge in [-0.3, -0.25) is 4.79 Å². The highest BCUT2D eigenvalue weighted by Crippen LogP contribution is 2.44. The van der Waals surface area contributed by atoms with Crippen molar-refractivity contribution < 1.29 is 9.53 Å². The number of rotatable bonds is 3. The first-order valence-electron chi connectivity index (χ1n) is 6.42. The molecule has 0 aromatic carbocycles. The van der Waals surface area contributed by atoms with Crippen LogP contribution in [0.3, 0.4) is 0 Å². The number of carbonyl (C=O) groups is 1. The Kier molecular flexibility index (Phi) is 4.40. The Balaban J connectivity index is 2.48. The minimum atomic E-state index is -0.321. The van der Waals surface area contributed by atoms with Gasteiger partial charge in [-0.15, -0.1) is 11.3 Å². The van der Waals surface area contributed by atoms with Gasteiger partial charge in [0.1, 0.15) is 11.1 Å². The van der Waals surface area contributed by atoms with E-state index in [4.69, 9.17) is 4.74 Å². The van der Waals surface area contributed by atoms with Gasteiger partial charge in [0.25, 0.3) is 0 Å². The second-order valence-electron chi connectivity index (χ2n) is 4.91. The van der Waals surface area contributed by atoms with Crippen LogP contribution < -0.4 is 0 Å². The lowest BCUT2D eigenvalue weighted by Crippen LogP contribution is -2.19. The van der Waals surface area contributed by atoms with Crippen molar-refractivity contribution in [3.63, 3.8) is 0 Å². The number of nitrogens with zero attached hydrogens (tertiary/aromatic N) is 3. The summed E-state index contributed by atoms with van der Waals surface area (Å²) in [4.78, 5) is 19.2. The van der Waals surface area contributed by atoms with E-state index in [2.05, 4.69) is 11.1 Å². The number of hydrogen-bond donors (Lipinski definition) is 0. The molecule has 0 aliphatic heterocycles. The van der Waals surface area contributed by atoms with Crippen LogP contribution in [0.2, 0.25) is 0 Å². The van der Waals surface area contributed by atoms with Gasteiger partial charge < -0.3 is 9.64 Å². The Morgan fingerprint density at radius 3 is 2.95 bits per heavy atom. The maximum atomic E-state index is 11.9. The van der Waals surface area contributed by atoms with Crippen LogP contribution in [0.25, 0.3) is 0 Å². The molecule has 1 atom stereocenters. The molecule has 1 heterocycles. The van der Waals surface area contributed by atoms with Crippen molar-refractivity contribution in [2.45, 2.75) is 25.2 Å². The number of aliphatic imine (C=N–C) groups is 1. The fourth-order valence-corrected chi connectivity index (χ4v) is 3.58. The van der Waals surface area contributed by atoms with E-state index >= 15 is 0 Å². The van der Waals surface area contributed by atoms with E-state index in [1.165, 1.54) is 18.4 Å². The number of fused-ring (bicyclic) bond motifs is 1. The monoisotopic (exact) mass is 291 g/mol. The summed E-state index contributed by atoms with van der Waals surface area (Å²) in [5.41, 5.74) is 1.36. The number of hydrogen-bond acceptors (Lipinski definition) is 5. The molecule has 0 saturated carbocycles. The largest absolute Gasteiger partial charge is 0.469 e. The summed E-state index contributed by atoms with van der Waals surface area (Å²) in [6.45, 7) is 0. The topological polar surface area (TPSA) is 65.7 Å². The van der Waals surface area contributed by atoms with Crippen molar-refractivity contribution in [2.24, 2.45) is 4.99 Å². The number of nitriles is 1. The highest BCUT2D eigenvalue weighted by atomic mass is 32.1. The van der Waals surface area contributed by atoms with Gasteiger partial charge in [-0.1, -0.05) is 0 Å². The number of carbonyl (C=O) groups excluding carboxylic acids is 1. The summed E-state index contributed by atoms with van der Waals surface area (Å²) in [6, 6.07) is 2.21. The van der Waals surface area contributed by atoms with Crippen LogP contribution in [0.15, 0.2) is 4.99 Å². The summed E-state index contributed by atoms with van der Waals surface area (Å²) in [6.07, 6.45) is 4.25. The van der Waals surface area contributed by atoms with Crippen molar-refractivity contribution in [3.8, 4) is 6.07 Å². The van der Waals surface area contributed by atoms with Crippen LogP contribution in [0.5, 0.6) is 0 Å². The van der Waals surface area contributed by atoms with E-state index in [1.807, 2.05) is 19.0 Å². The van der Waals surface area contributed by atoms with E-state index in [-0.39, 0.29) is 11.9 Å². The molecule has 1 aliphatic rings. The third-order valence-corrected chi connectivity index (χ3v) is 4.43. The van der Waals surface area contributed by atoms with E-state index in [0.717, 1.165) is 29.7 Å². The summed E-state index contributed by atoms with van der Waals surface area (Å²) >= 11 is 1.51. The lowest BCUT2D eigenvalue weighted by molar-refractivity contribution is -0.142. The zero-order valence-corrected chi connectivity index (χ0v) is 12.7. The van der Waals surface area contributed by atoms with E-state index in [1.54, 1.807) is 6.34 Å². The van der Waals surface area contributed by atoms with Gasteiger partial charge in [0, 0.05) is 24.5 Å². The first-order valence-corrected chi connectivity index (χ1v) is 7.24. The minimum absolute atomic E-state index is 0.261. The summed E-state index contributed by atoms with van der Waals surface area (Å²) < 4.78 is 4.86. The second-order valence-corrected chi connectivity index (χ2v) is 5.99. The Morgan fingerprint density at radius 1 is 1.60 bits per heavy atom. The fraction of sp³-hybridized carbons (Fsp3) is 0.500. The fourth-order valence-electron chi connectivity index (χ4n) is 2.39. The molecule has 1 aromatic heterocycles.